The second-order valence-electron chi connectivity index (χ2n) is 10.2. The molecule has 0 atom stereocenters. The minimum absolute atomic E-state index is 0.0703. The Morgan fingerprint density at radius 1 is 1.19 bits per heavy atom. The molecule has 0 aliphatic carbocycles. The molecule has 1 heterocycles. The topological polar surface area (TPSA) is 116 Å². The molecule has 0 fully saturated rings. The second-order valence-corrected chi connectivity index (χ2v) is 12.0. The molecule has 3 rings (SSSR count). The second kappa shape index (κ2) is 10.6. The molecule has 0 bridgehead atoms. The summed E-state index contributed by atoms with van der Waals surface area (Å²) >= 11 is 0. The lowest BCUT2D eigenvalue weighted by atomic mass is 9.85. The van der Waals surface area contributed by atoms with Crippen LogP contribution < -0.4 is 25.0 Å². The number of aliphatic carboxylic acids is 1. The van der Waals surface area contributed by atoms with E-state index in [1.54, 1.807) is 0 Å². The number of carboxylic acids is 1. The van der Waals surface area contributed by atoms with Gasteiger partial charge in [0, 0.05) is 11.6 Å². The molecule has 3 N–H and O–H groups in total. The third kappa shape index (κ3) is 6.48. The van der Waals surface area contributed by atoms with Crippen molar-refractivity contribution in [1.29, 1.82) is 0 Å². The summed E-state index contributed by atoms with van der Waals surface area (Å²) in [4.78, 5) is 11.8. The van der Waals surface area contributed by atoms with Crippen LogP contribution in [0.1, 0.15) is 61.8 Å². The van der Waals surface area contributed by atoms with Crippen LogP contribution in [0.2, 0.25) is 0 Å². The first kappa shape index (κ1) is 27.7. The van der Waals surface area contributed by atoms with Gasteiger partial charge in [0.25, 0.3) is 0 Å². The van der Waals surface area contributed by atoms with Crippen molar-refractivity contribution < 1.29 is 27.8 Å². The first-order valence-electron chi connectivity index (χ1n) is 12.2. The molecule has 36 heavy (non-hydrogen) atoms. The molecule has 0 amide bonds. The Balaban J connectivity index is 2.16. The minimum atomic E-state index is -3.51. The molecule has 0 saturated carbocycles. The predicted octanol–water partition coefficient (Wildman–Crippen LogP) is 3.36. The Hall–Kier alpha value is -2.84. The molecule has 1 aliphatic heterocycles. The largest absolute Gasteiger partial charge is 0.493 e. The predicted molar refractivity (Wildman–Crippen MR) is 143 cm³/mol. The number of carbonyl (C=O) groups is 1. The number of benzene rings is 2. The molecule has 8 heteroatoms. The van der Waals surface area contributed by atoms with Gasteiger partial charge in [0.05, 0.1) is 18.8 Å². The van der Waals surface area contributed by atoms with E-state index < -0.39 is 21.6 Å². The first-order valence-corrected chi connectivity index (χ1v) is 13.9. The number of hydrogen-bond donors (Lipinski definition) is 2. The fourth-order valence-electron chi connectivity index (χ4n) is 4.92. The molecule has 196 valence electrons. The zero-order chi connectivity index (χ0) is 26.8. The maximum absolute atomic E-state index is 11.8. The Morgan fingerprint density at radius 3 is 2.53 bits per heavy atom. The molecule has 0 radical (unpaired) electrons. The molecule has 1 aliphatic rings. The number of nitrogens with two attached hydrogens (primary N) is 1. The molecule has 7 nitrogen and oxygen atoms in total. The first-order chi connectivity index (χ1) is 16.7. The molecule has 2 aromatic rings. The van der Waals surface area contributed by atoms with E-state index in [0.717, 1.165) is 51.6 Å². The van der Waals surface area contributed by atoms with E-state index in [1.165, 1.54) is 0 Å². The zero-order valence-electron chi connectivity index (χ0n) is 21.7. The molecule has 0 spiro atoms. The Labute approximate surface area is 213 Å². The summed E-state index contributed by atoms with van der Waals surface area (Å²) in [7, 11) is -3.51. The maximum atomic E-state index is 11.8. The van der Waals surface area contributed by atoms with Crippen LogP contribution in [-0.2, 0) is 27.7 Å². The summed E-state index contributed by atoms with van der Waals surface area (Å²) in [5.41, 5.74) is 4.52. The van der Waals surface area contributed by atoms with Crippen LogP contribution in [0, 0.1) is 13.8 Å². The van der Waals surface area contributed by atoms with Gasteiger partial charge < -0.3 is 14.6 Å². The van der Waals surface area contributed by atoms with Gasteiger partial charge in [-0.2, -0.15) is 0 Å². The summed E-state index contributed by atoms with van der Waals surface area (Å²) in [5, 5.41) is 16.2. The summed E-state index contributed by atoms with van der Waals surface area (Å²) in [6.45, 7) is 16.9. The van der Waals surface area contributed by atoms with Gasteiger partial charge in [0.1, 0.15) is 17.1 Å². The number of rotatable bonds is 10. The lowest BCUT2D eigenvalue weighted by Crippen LogP contribution is -2.31. The van der Waals surface area contributed by atoms with Gasteiger partial charge in [-0.3, -0.25) is 4.79 Å². The average Bonchev–Trinajstić information content (AvgIpc) is 2.76. The number of aryl methyl sites for hydroxylation is 1. The minimum Gasteiger partial charge on any atom is -0.493 e. The third-order valence-corrected chi connectivity index (χ3v) is 7.60. The smallest absolute Gasteiger partial charge is 0.307 e. The molecule has 0 saturated heterocycles. The fraction of sp³-hybridized carbons (Fsp3) is 0.464. The highest BCUT2D eigenvalue weighted by molar-refractivity contribution is 7.89. The Kier molecular flexibility index (Phi) is 8.20. The van der Waals surface area contributed by atoms with E-state index in [-0.39, 0.29) is 12.2 Å². The van der Waals surface area contributed by atoms with E-state index >= 15 is 0 Å². The van der Waals surface area contributed by atoms with Gasteiger partial charge in [-0.1, -0.05) is 19.2 Å². The number of carboxylic acid groups (broad SMARTS) is 1. The number of fused-ring (bicyclic) bond motifs is 1. The van der Waals surface area contributed by atoms with Crippen LogP contribution >= 0.6 is 0 Å². The summed E-state index contributed by atoms with van der Waals surface area (Å²) < 4.78 is 35.2. The summed E-state index contributed by atoms with van der Waals surface area (Å²) in [5.74, 6) is 0.368. The van der Waals surface area contributed by atoms with Gasteiger partial charge in [-0.25, -0.2) is 13.6 Å². The van der Waals surface area contributed by atoms with Gasteiger partial charge in [0.2, 0.25) is 10.0 Å². The fourth-order valence-corrected chi connectivity index (χ4v) is 5.53. The highest BCUT2D eigenvalue weighted by atomic mass is 32.2. The highest BCUT2D eigenvalue weighted by Crippen LogP contribution is 2.44. The van der Waals surface area contributed by atoms with E-state index in [0.29, 0.717) is 42.4 Å². The van der Waals surface area contributed by atoms with Crippen molar-refractivity contribution in [3.63, 3.8) is 0 Å². The van der Waals surface area contributed by atoms with Crippen molar-refractivity contribution in [2.24, 2.45) is 5.14 Å². The molecular formula is C28H37NO6S. The van der Waals surface area contributed by atoms with Crippen LogP contribution in [0.25, 0.3) is 24.3 Å². The van der Waals surface area contributed by atoms with Crippen LogP contribution in [0.5, 0.6) is 11.5 Å². The van der Waals surface area contributed by atoms with Crippen LogP contribution in [-0.4, -0.2) is 37.5 Å². The third-order valence-electron chi connectivity index (χ3n) is 6.74. The van der Waals surface area contributed by atoms with Crippen molar-refractivity contribution in [2.75, 3.05) is 12.4 Å². The molecular weight excluding hydrogens is 478 g/mol. The van der Waals surface area contributed by atoms with E-state index in [4.69, 9.17) is 14.6 Å². The van der Waals surface area contributed by atoms with Crippen LogP contribution in [0.15, 0.2) is 12.1 Å². The maximum Gasteiger partial charge on any atom is 0.307 e. The normalized spacial score (nSPS) is 13.7. The SMILES string of the molecule is C=c1cc(C)c(CC(=O)O)c(-c2c(OC(C)(C)CCCCS(N)(=O)=O)cc3c(c2C)CCCO3)c1=C. The monoisotopic (exact) mass is 515 g/mol. The lowest BCUT2D eigenvalue weighted by molar-refractivity contribution is -0.136. The Morgan fingerprint density at radius 2 is 1.89 bits per heavy atom. The van der Waals surface area contributed by atoms with Gasteiger partial charge in [0.15, 0.2) is 0 Å². The van der Waals surface area contributed by atoms with E-state index in [2.05, 4.69) is 13.2 Å². The van der Waals surface area contributed by atoms with Crippen molar-refractivity contribution in [1.82, 2.24) is 0 Å². The van der Waals surface area contributed by atoms with Crippen molar-refractivity contribution in [3.8, 4) is 22.6 Å². The van der Waals surface area contributed by atoms with Gasteiger partial charge in [-0.15, -0.1) is 0 Å². The van der Waals surface area contributed by atoms with Crippen molar-refractivity contribution >= 4 is 29.2 Å². The summed E-state index contributed by atoms with van der Waals surface area (Å²) in [6, 6.07) is 3.77. The molecule has 0 unspecified atom stereocenters. The number of unbranched alkanes of at least 4 members (excludes halogenated alkanes) is 1. The number of ether oxygens (including phenoxy) is 2. The van der Waals surface area contributed by atoms with Crippen molar-refractivity contribution in [2.45, 2.75) is 71.8 Å². The van der Waals surface area contributed by atoms with E-state index in [1.807, 2.05) is 39.8 Å². The van der Waals surface area contributed by atoms with Crippen molar-refractivity contribution in [3.05, 3.63) is 44.8 Å². The number of hydrogen-bond acceptors (Lipinski definition) is 5. The Bertz CT molecular complexity index is 1380. The number of sulfonamides is 1. The quantitative estimate of drug-likeness (QED) is 0.469. The number of primary sulfonamides is 1. The average molecular weight is 516 g/mol. The van der Waals surface area contributed by atoms with Crippen LogP contribution in [0.3, 0.4) is 0 Å². The highest BCUT2D eigenvalue weighted by Gasteiger charge is 2.28. The standard InChI is InChI=1S/C28H37NO6S/c1-17-14-18(2)22(15-25(30)31)26(19(17)3)27-20(4)21-10-9-12-34-23(21)16-24(27)35-28(5,6)11-7-8-13-36(29,32)33/h14,16H,1,3,7-13,15H2,2,4-6H3,(H,30,31)(H2,29,32,33). The van der Waals surface area contributed by atoms with Gasteiger partial charge in [-0.05, 0) is 98.1 Å². The zero-order valence-corrected chi connectivity index (χ0v) is 22.5. The lowest BCUT2D eigenvalue weighted by Gasteiger charge is -2.31. The van der Waals surface area contributed by atoms with E-state index in [9.17, 15) is 18.3 Å². The molecule has 2 aromatic carbocycles. The molecule has 0 aromatic heterocycles. The van der Waals surface area contributed by atoms with Crippen LogP contribution in [0.4, 0.5) is 0 Å². The summed E-state index contributed by atoms with van der Waals surface area (Å²) in [6.07, 6.45) is 3.28. The van der Waals surface area contributed by atoms with Gasteiger partial charge >= 0.3 is 5.97 Å².